The fourth-order valence-electron chi connectivity index (χ4n) is 5.27. The van der Waals surface area contributed by atoms with Crippen LogP contribution < -0.4 is 5.32 Å². The lowest BCUT2D eigenvalue weighted by atomic mass is 9.83. The van der Waals surface area contributed by atoms with Crippen molar-refractivity contribution in [3.8, 4) is 0 Å². The minimum Gasteiger partial charge on any atom is -0.349 e. The molecule has 2 fully saturated rings. The highest BCUT2D eigenvalue weighted by Gasteiger charge is 2.36. The van der Waals surface area contributed by atoms with Gasteiger partial charge in [-0.25, -0.2) is 4.98 Å². The van der Waals surface area contributed by atoms with Gasteiger partial charge in [0.15, 0.2) is 5.96 Å². The van der Waals surface area contributed by atoms with Crippen molar-refractivity contribution >= 4 is 29.9 Å². The highest BCUT2D eigenvalue weighted by atomic mass is 127. The predicted molar refractivity (Wildman–Crippen MR) is 142 cm³/mol. The van der Waals surface area contributed by atoms with E-state index in [-0.39, 0.29) is 24.0 Å². The van der Waals surface area contributed by atoms with Gasteiger partial charge in [-0.2, -0.15) is 0 Å². The van der Waals surface area contributed by atoms with Gasteiger partial charge in [0, 0.05) is 51.7 Å². The maximum atomic E-state index is 4.61. The van der Waals surface area contributed by atoms with Gasteiger partial charge in [0.05, 0.1) is 6.54 Å². The van der Waals surface area contributed by atoms with E-state index in [1.807, 2.05) is 13.2 Å². The SMILES string of the molecule is CN=C(NCc1nccn1CC(C)C)N1CCC2C(CCCN2Cc2ccccc2)C1.I. The normalized spacial score (nSPS) is 21.9. The molecular formula is C25H39IN6. The van der Waals surface area contributed by atoms with Gasteiger partial charge in [0.1, 0.15) is 5.82 Å². The van der Waals surface area contributed by atoms with Crippen LogP contribution in [0.5, 0.6) is 0 Å². The van der Waals surface area contributed by atoms with E-state index in [0.29, 0.717) is 17.9 Å². The molecule has 1 aromatic heterocycles. The molecule has 2 aliphatic rings. The van der Waals surface area contributed by atoms with Crippen LogP contribution in [0.1, 0.15) is 44.5 Å². The number of piperidine rings is 2. The zero-order valence-corrected chi connectivity index (χ0v) is 22.1. The Bertz CT molecular complexity index is 849. The minimum absolute atomic E-state index is 0. The second-order valence-electron chi connectivity index (χ2n) is 9.45. The van der Waals surface area contributed by atoms with Crippen molar-refractivity contribution in [2.75, 3.05) is 26.7 Å². The largest absolute Gasteiger partial charge is 0.349 e. The lowest BCUT2D eigenvalue weighted by molar-refractivity contribution is 0.0372. The Labute approximate surface area is 210 Å². The summed E-state index contributed by atoms with van der Waals surface area (Å²) in [5, 5.41) is 3.58. The molecule has 0 saturated carbocycles. The summed E-state index contributed by atoms with van der Waals surface area (Å²) in [5.41, 5.74) is 1.43. The van der Waals surface area contributed by atoms with E-state index < -0.39 is 0 Å². The first-order valence-electron chi connectivity index (χ1n) is 11.9. The topological polar surface area (TPSA) is 48.7 Å². The molecule has 3 heterocycles. The molecule has 1 aromatic carbocycles. The zero-order chi connectivity index (χ0) is 21.6. The number of nitrogens with zero attached hydrogens (tertiary/aromatic N) is 5. The Balaban J connectivity index is 0.00000289. The highest BCUT2D eigenvalue weighted by molar-refractivity contribution is 14.0. The fraction of sp³-hybridized carbons (Fsp3) is 0.600. The monoisotopic (exact) mass is 550 g/mol. The van der Waals surface area contributed by atoms with Crippen LogP contribution in [0.15, 0.2) is 47.7 Å². The summed E-state index contributed by atoms with van der Waals surface area (Å²) in [5.74, 6) is 3.42. The van der Waals surface area contributed by atoms with Crippen LogP contribution >= 0.6 is 24.0 Å². The van der Waals surface area contributed by atoms with Crippen LogP contribution in [0, 0.1) is 11.8 Å². The fourth-order valence-corrected chi connectivity index (χ4v) is 5.27. The molecule has 2 aromatic rings. The number of halogens is 1. The summed E-state index contributed by atoms with van der Waals surface area (Å²) >= 11 is 0. The number of benzene rings is 1. The Kier molecular flexibility index (Phi) is 9.40. The van der Waals surface area contributed by atoms with Crippen molar-refractivity contribution in [1.82, 2.24) is 24.7 Å². The number of likely N-dealkylation sites (tertiary alicyclic amines) is 2. The second-order valence-corrected chi connectivity index (χ2v) is 9.45. The van der Waals surface area contributed by atoms with Crippen LogP contribution in [-0.4, -0.2) is 58.0 Å². The minimum atomic E-state index is 0. The Hall–Kier alpha value is -1.61. The van der Waals surface area contributed by atoms with Crippen molar-refractivity contribution in [1.29, 1.82) is 0 Å². The number of guanidine groups is 1. The maximum absolute atomic E-state index is 4.61. The van der Waals surface area contributed by atoms with E-state index in [9.17, 15) is 0 Å². The lowest BCUT2D eigenvalue weighted by Crippen LogP contribution is -2.56. The number of imidazole rings is 1. The zero-order valence-electron chi connectivity index (χ0n) is 19.8. The Morgan fingerprint density at radius 1 is 1.19 bits per heavy atom. The molecule has 0 amide bonds. The van der Waals surface area contributed by atoms with Gasteiger partial charge in [-0.15, -0.1) is 24.0 Å². The van der Waals surface area contributed by atoms with Gasteiger partial charge in [-0.1, -0.05) is 44.2 Å². The molecule has 0 aliphatic carbocycles. The number of aromatic nitrogens is 2. The van der Waals surface area contributed by atoms with Gasteiger partial charge in [0.25, 0.3) is 0 Å². The van der Waals surface area contributed by atoms with E-state index in [2.05, 4.69) is 80.0 Å². The molecule has 32 heavy (non-hydrogen) atoms. The van der Waals surface area contributed by atoms with Gasteiger partial charge >= 0.3 is 0 Å². The van der Waals surface area contributed by atoms with E-state index in [1.165, 1.54) is 31.4 Å². The number of aliphatic imine (C=N–C) groups is 1. The second kappa shape index (κ2) is 12.0. The molecule has 7 heteroatoms. The number of hydrogen-bond acceptors (Lipinski definition) is 3. The molecule has 2 unspecified atom stereocenters. The van der Waals surface area contributed by atoms with Gasteiger partial charge in [0.2, 0.25) is 0 Å². The number of fused-ring (bicyclic) bond motifs is 1. The molecule has 6 nitrogen and oxygen atoms in total. The van der Waals surface area contributed by atoms with E-state index in [0.717, 1.165) is 44.5 Å². The van der Waals surface area contributed by atoms with Gasteiger partial charge in [-0.05, 0) is 43.2 Å². The molecule has 2 aliphatic heterocycles. The summed E-state index contributed by atoms with van der Waals surface area (Å²) in [6, 6.07) is 11.6. The van der Waals surface area contributed by atoms with Crippen molar-refractivity contribution in [3.63, 3.8) is 0 Å². The smallest absolute Gasteiger partial charge is 0.194 e. The third-order valence-corrected chi connectivity index (χ3v) is 6.69. The van der Waals surface area contributed by atoms with Crippen molar-refractivity contribution < 1.29 is 0 Å². The van der Waals surface area contributed by atoms with Gasteiger partial charge in [-0.3, -0.25) is 9.89 Å². The van der Waals surface area contributed by atoms with Crippen LogP contribution in [-0.2, 0) is 19.6 Å². The van der Waals surface area contributed by atoms with Crippen molar-refractivity contribution in [2.45, 2.75) is 58.8 Å². The first-order valence-corrected chi connectivity index (χ1v) is 11.9. The molecular weight excluding hydrogens is 511 g/mol. The first kappa shape index (κ1) is 25.0. The average molecular weight is 551 g/mol. The maximum Gasteiger partial charge on any atom is 0.194 e. The van der Waals surface area contributed by atoms with Crippen molar-refractivity contribution in [2.24, 2.45) is 16.8 Å². The van der Waals surface area contributed by atoms with E-state index in [4.69, 9.17) is 0 Å². The molecule has 0 bridgehead atoms. The molecule has 2 saturated heterocycles. The third-order valence-electron chi connectivity index (χ3n) is 6.69. The van der Waals surface area contributed by atoms with Crippen molar-refractivity contribution in [3.05, 3.63) is 54.1 Å². The van der Waals surface area contributed by atoms with E-state index >= 15 is 0 Å². The molecule has 2 atom stereocenters. The standard InChI is InChI=1S/C25H38N6.HI/c1-20(2)17-30-15-12-27-24(30)16-28-25(26-3)31-14-11-23-22(19-31)10-7-13-29(23)18-21-8-5-4-6-9-21;/h4-6,8-9,12,15,20,22-23H,7,10-11,13-14,16-19H2,1-3H3,(H,26,28);1H. The predicted octanol–water partition coefficient (Wildman–Crippen LogP) is 4.22. The third kappa shape index (κ3) is 6.25. The summed E-state index contributed by atoms with van der Waals surface area (Å²) in [6.07, 6.45) is 7.80. The quantitative estimate of drug-likeness (QED) is 0.333. The number of nitrogens with one attached hydrogen (secondary N) is 1. The highest BCUT2D eigenvalue weighted by Crippen LogP contribution is 2.31. The summed E-state index contributed by atoms with van der Waals surface area (Å²) in [4.78, 5) is 14.3. The summed E-state index contributed by atoms with van der Waals surface area (Å²) in [7, 11) is 1.90. The Morgan fingerprint density at radius 3 is 2.75 bits per heavy atom. The van der Waals surface area contributed by atoms with Gasteiger partial charge < -0.3 is 14.8 Å². The summed E-state index contributed by atoms with van der Waals surface area (Å²) < 4.78 is 2.25. The molecule has 0 radical (unpaired) electrons. The van der Waals surface area contributed by atoms with Crippen LogP contribution in [0.4, 0.5) is 0 Å². The first-order chi connectivity index (χ1) is 15.1. The molecule has 1 N–H and O–H groups in total. The van der Waals surface area contributed by atoms with Crippen LogP contribution in [0.3, 0.4) is 0 Å². The average Bonchev–Trinajstić information content (AvgIpc) is 3.21. The van der Waals surface area contributed by atoms with Crippen LogP contribution in [0.2, 0.25) is 0 Å². The summed E-state index contributed by atoms with van der Waals surface area (Å²) in [6.45, 7) is 10.7. The number of rotatable bonds is 6. The Morgan fingerprint density at radius 2 is 2.00 bits per heavy atom. The lowest BCUT2D eigenvalue weighted by Gasteiger charge is -2.48. The molecule has 0 spiro atoms. The van der Waals surface area contributed by atoms with E-state index in [1.54, 1.807) is 0 Å². The molecule has 4 rings (SSSR count). The molecule has 176 valence electrons. The number of hydrogen-bond donors (Lipinski definition) is 1. The van der Waals surface area contributed by atoms with Crippen LogP contribution in [0.25, 0.3) is 0 Å².